The summed E-state index contributed by atoms with van der Waals surface area (Å²) in [6.07, 6.45) is 2.77. The van der Waals surface area contributed by atoms with E-state index in [-0.39, 0.29) is 18.6 Å². The number of nitrogens with two attached hydrogens (primary N) is 1. The summed E-state index contributed by atoms with van der Waals surface area (Å²) in [5.41, 5.74) is 7.80. The molecule has 104 valence electrons. The SMILES string of the molecule is CCCC(CCO)Nc1nc(N)nc2c(C)csc12. The van der Waals surface area contributed by atoms with Gasteiger partial charge in [-0.2, -0.15) is 4.98 Å². The van der Waals surface area contributed by atoms with Gasteiger partial charge in [-0.3, -0.25) is 0 Å². The van der Waals surface area contributed by atoms with Crippen LogP contribution in [0, 0.1) is 6.92 Å². The molecular formula is C13H20N4OS. The van der Waals surface area contributed by atoms with E-state index in [1.807, 2.05) is 6.92 Å². The second-order valence-corrected chi connectivity index (χ2v) is 5.55. The summed E-state index contributed by atoms with van der Waals surface area (Å²) < 4.78 is 1.03. The minimum absolute atomic E-state index is 0.171. The number of nitrogens with zero attached hydrogens (tertiary/aromatic N) is 2. The first-order chi connectivity index (χ1) is 9.15. The van der Waals surface area contributed by atoms with E-state index in [0.29, 0.717) is 6.42 Å². The molecule has 1 atom stereocenters. The number of hydrogen-bond acceptors (Lipinski definition) is 6. The molecule has 0 bridgehead atoms. The van der Waals surface area contributed by atoms with Crippen LogP contribution < -0.4 is 11.1 Å². The van der Waals surface area contributed by atoms with Gasteiger partial charge in [0, 0.05) is 12.6 Å². The van der Waals surface area contributed by atoms with E-state index in [0.717, 1.165) is 34.4 Å². The second kappa shape index (κ2) is 6.16. The smallest absolute Gasteiger partial charge is 0.222 e. The van der Waals surface area contributed by atoms with Crippen molar-refractivity contribution in [2.75, 3.05) is 17.7 Å². The lowest BCUT2D eigenvalue weighted by Crippen LogP contribution is -2.21. The number of aromatic nitrogens is 2. The van der Waals surface area contributed by atoms with Crippen LogP contribution in [0.5, 0.6) is 0 Å². The van der Waals surface area contributed by atoms with Gasteiger partial charge in [-0.15, -0.1) is 11.3 Å². The highest BCUT2D eigenvalue weighted by atomic mass is 32.1. The van der Waals surface area contributed by atoms with Crippen LogP contribution in [0.25, 0.3) is 10.2 Å². The fraction of sp³-hybridized carbons (Fsp3) is 0.538. The Bertz CT molecular complexity index is 549. The number of aliphatic hydroxyl groups is 1. The molecule has 0 aliphatic carbocycles. The lowest BCUT2D eigenvalue weighted by atomic mass is 10.1. The van der Waals surface area contributed by atoms with Crippen molar-refractivity contribution >= 4 is 33.3 Å². The fourth-order valence-corrected chi connectivity index (χ4v) is 3.07. The number of nitrogens with one attached hydrogen (secondary N) is 1. The van der Waals surface area contributed by atoms with Crippen molar-refractivity contribution in [2.24, 2.45) is 0 Å². The average molecular weight is 280 g/mol. The quantitative estimate of drug-likeness (QED) is 0.757. The Morgan fingerprint density at radius 1 is 1.42 bits per heavy atom. The summed E-state index contributed by atoms with van der Waals surface area (Å²) in [6, 6.07) is 0.218. The van der Waals surface area contributed by atoms with Gasteiger partial charge in [0.05, 0.1) is 10.2 Å². The highest BCUT2D eigenvalue weighted by molar-refractivity contribution is 7.18. The first-order valence-electron chi connectivity index (χ1n) is 6.54. The molecular weight excluding hydrogens is 260 g/mol. The number of fused-ring (bicyclic) bond motifs is 1. The molecule has 0 saturated heterocycles. The molecule has 0 radical (unpaired) electrons. The summed E-state index contributed by atoms with van der Waals surface area (Å²) in [5.74, 6) is 1.07. The molecule has 2 rings (SSSR count). The van der Waals surface area contributed by atoms with Crippen LogP contribution in [0.1, 0.15) is 31.7 Å². The van der Waals surface area contributed by atoms with Gasteiger partial charge >= 0.3 is 0 Å². The maximum Gasteiger partial charge on any atom is 0.222 e. The Hall–Kier alpha value is -1.40. The lowest BCUT2D eigenvalue weighted by molar-refractivity contribution is 0.276. The van der Waals surface area contributed by atoms with Gasteiger partial charge in [-0.05, 0) is 30.7 Å². The first-order valence-corrected chi connectivity index (χ1v) is 7.42. The number of nitrogen functional groups attached to an aromatic ring is 1. The van der Waals surface area contributed by atoms with Crippen LogP contribution >= 0.6 is 11.3 Å². The van der Waals surface area contributed by atoms with Crippen molar-refractivity contribution in [3.05, 3.63) is 10.9 Å². The highest BCUT2D eigenvalue weighted by Gasteiger charge is 2.14. The molecule has 0 fully saturated rings. The molecule has 2 aromatic rings. The minimum atomic E-state index is 0.171. The predicted molar refractivity (Wildman–Crippen MR) is 80.6 cm³/mol. The fourth-order valence-electron chi connectivity index (χ4n) is 2.13. The molecule has 2 aromatic heterocycles. The van der Waals surface area contributed by atoms with E-state index >= 15 is 0 Å². The Morgan fingerprint density at radius 3 is 2.89 bits per heavy atom. The summed E-state index contributed by atoms with van der Waals surface area (Å²) >= 11 is 1.62. The molecule has 2 heterocycles. The molecule has 0 aliphatic heterocycles. The van der Waals surface area contributed by atoms with Gasteiger partial charge in [-0.1, -0.05) is 13.3 Å². The zero-order chi connectivity index (χ0) is 13.8. The average Bonchev–Trinajstić information content (AvgIpc) is 2.72. The van der Waals surface area contributed by atoms with E-state index in [4.69, 9.17) is 10.8 Å². The third-order valence-corrected chi connectivity index (χ3v) is 4.16. The van der Waals surface area contributed by atoms with E-state index in [1.54, 1.807) is 11.3 Å². The third kappa shape index (κ3) is 3.13. The number of thiophene rings is 1. The second-order valence-electron chi connectivity index (χ2n) is 4.67. The van der Waals surface area contributed by atoms with Gasteiger partial charge in [0.2, 0.25) is 5.95 Å². The molecule has 4 N–H and O–H groups in total. The number of hydrogen-bond donors (Lipinski definition) is 3. The van der Waals surface area contributed by atoms with Crippen LogP contribution in [0.2, 0.25) is 0 Å². The molecule has 5 nitrogen and oxygen atoms in total. The molecule has 0 saturated carbocycles. The van der Waals surface area contributed by atoms with E-state index in [9.17, 15) is 0 Å². The van der Waals surface area contributed by atoms with Gasteiger partial charge in [0.1, 0.15) is 5.82 Å². The van der Waals surface area contributed by atoms with Gasteiger partial charge in [0.15, 0.2) is 0 Å². The molecule has 0 aromatic carbocycles. The van der Waals surface area contributed by atoms with Crippen molar-refractivity contribution in [3.63, 3.8) is 0 Å². The molecule has 0 spiro atoms. The van der Waals surface area contributed by atoms with Crippen LogP contribution in [-0.2, 0) is 0 Å². The monoisotopic (exact) mass is 280 g/mol. The largest absolute Gasteiger partial charge is 0.396 e. The number of anilines is 2. The highest BCUT2D eigenvalue weighted by Crippen LogP contribution is 2.30. The lowest BCUT2D eigenvalue weighted by Gasteiger charge is -2.18. The number of rotatable bonds is 6. The van der Waals surface area contributed by atoms with Crippen molar-refractivity contribution in [1.82, 2.24) is 9.97 Å². The zero-order valence-electron chi connectivity index (χ0n) is 11.3. The van der Waals surface area contributed by atoms with Crippen LogP contribution in [0.3, 0.4) is 0 Å². The molecule has 6 heteroatoms. The van der Waals surface area contributed by atoms with Crippen LogP contribution in [0.15, 0.2) is 5.38 Å². The Labute approximate surface area is 116 Å². The Balaban J connectivity index is 2.32. The van der Waals surface area contributed by atoms with E-state index in [1.165, 1.54) is 0 Å². The molecule has 0 amide bonds. The summed E-state index contributed by atoms with van der Waals surface area (Å²) in [5, 5.41) is 14.6. The van der Waals surface area contributed by atoms with E-state index < -0.39 is 0 Å². The summed E-state index contributed by atoms with van der Waals surface area (Å²) in [6.45, 7) is 4.32. The van der Waals surface area contributed by atoms with Crippen LogP contribution in [0.4, 0.5) is 11.8 Å². The first kappa shape index (κ1) is 14.0. The van der Waals surface area contributed by atoms with Crippen molar-refractivity contribution in [2.45, 2.75) is 39.2 Å². The normalized spacial score (nSPS) is 12.8. The molecule has 0 aliphatic rings. The molecule has 1 unspecified atom stereocenters. The van der Waals surface area contributed by atoms with E-state index in [2.05, 4.69) is 27.6 Å². The third-order valence-electron chi connectivity index (χ3n) is 3.07. The predicted octanol–water partition coefficient (Wildman–Crippen LogP) is 2.54. The maximum absolute atomic E-state index is 9.12. The van der Waals surface area contributed by atoms with Crippen molar-refractivity contribution < 1.29 is 5.11 Å². The van der Waals surface area contributed by atoms with Crippen molar-refractivity contribution in [3.8, 4) is 0 Å². The van der Waals surface area contributed by atoms with Gasteiger partial charge in [0.25, 0.3) is 0 Å². The Kier molecular flexibility index (Phi) is 4.55. The summed E-state index contributed by atoms with van der Waals surface area (Å²) in [7, 11) is 0. The topological polar surface area (TPSA) is 84.1 Å². The van der Waals surface area contributed by atoms with Crippen molar-refractivity contribution in [1.29, 1.82) is 0 Å². The maximum atomic E-state index is 9.12. The number of aliphatic hydroxyl groups excluding tert-OH is 1. The van der Waals surface area contributed by atoms with Gasteiger partial charge in [-0.25, -0.2) is 4.98 Å². The minimum Gasteiger partial charge on any atom is -0.396 e. The van der Waals surface area contributed by atoms with Crippen LogP contribution in [-0.4, -0.2) is 27.7 Å². The van der Waals surface area contributed by atoms with Gasteiger partial charge < -0.3 is 16.2 Å². The molecule has 19 heavy (non-hydrogen) atoms. The zero-order valence-corrected chi connectivity index (χ0v) is 12.1. The standard InChI is InChI=1S/C13H20N4OS/c1-3-4-9(5-6-18)15-12-11-10(8(2)7-19-11)16-13(14)17-12/h7,9,18H,3-6H2,1-2H3,(H3,14,15,16,17). The summed E-state index contributed by atoms with van der Waals surface area (Å²) in [4.78, 5) is 8.59. The Morgan fingerprint density at radius 2 is 2.21 bits per heavy atom. The number of aryl methyl sites for hydroxylation is 1.